The first kappa shape index (κ1) is 23.4. The van der Waals surface area contributed by atoms with Crippen LogP contribution in [0.1, 0.15) is 120 Å². The molecule has 0 bridgehead atoms. The van der Waals surface area contributed by atoms with Gasteiger partial charge in [-0.05, 0) is 114 Å². The van der Waals surface area contributed by atoms with E-state index in [0.29, 0.717) is 33.0 Å². The largest absolute Gasteiger partial charge is 0.393 e. The summed E-state index contributed by atoms with van der Waals surface area (Å²) in [7, 11) is 0. The lowest BCUT2D eigenvalue weighted by molar-refractivity contribution is -0.212. The molecular weight excluding hydrogens is 388 g/mol. The van der Waals surface area contributed by atoms with Crippen LogP contribution < -0.4 is 0 Å². The zero-order valence-electron chi connectivity index (χ0n) is 22.8. The third-order valence-electron chi connectivity index (χ3n) is 13.5. The second-order valence-electron chi connectivity index (χ2n) is 15.7. The fourth-order valence-electron chi connectivity index (χ4n) is 11.2. The van der Waals surface area contributed by atoms with Gasteiger partial charge in [0.15, 0.2) is 0 Å². The molecule has 0 radical (unpaired) electrons. The highest BCUT2D eigenvalue weighted by Gasteiger charge is 2.69. The maximum absolute atomic E-state index is 10.9. The highest BCUT2D eigenvalue weighted by Crippen LogP contribution is 2.76. The molecule has 4 fully saturated rings. The van der Waals surface area contributed by atoms with Crippen molar-refractivity contribution in [2.45, 2.75) is 126 Å². The van der Waals surface area contributed by atoms with E-state index in [1.165, 1.54) is 51.4 Å². The minimum absolute atomic E-state index is 0.0450. The monoisotopic (exact) mass is 440 g/mol. The van der Waals surface area contributed by atoms with Gasteiger partial charge in [0.25, 0.3) is 0 Å². The zero-order valence-corrected chi connectivity index (χ0v) is 22.8. The number of allylic oxidation sites excluding steroid dienone is 2. The Balaban J connectivity index is 1.61. The van der Waals surface area contributed by atoms with Crippen molar-refractivity contribution in [3.63, 3.8) is 0 Å². The van der Waals surface area contributed by atoms with E-state index < -0.39 is 0 Å². The lowest BCUT2D eigenvalue weighted by Gasteiger charge is -2.72. The van der Waals surface area contributed by atoms with E-state index in [-0.39, 0.29) is 11.5 Å². The molecule has 0 heterocycles. The fourth-order valence-corrected chi connectivity index (χ4v) is 11.2. The molecule has 4 saturated carbocycles. The van der Waals surface area contributed by atoms with E-state index in [1.54, 1.807) is 0 Å². The molecule has 0 amide bonds. The Hall–Kier alpha value is -0.300. The maximum Gasteiger partial charge on any atom is 0.0594 e. The van der Waals surface area contributed by atoms with Crippen LogP contribution in [0.25, 0.3) is 0 Å². The second kappa shape index (κ2) is 6.67. The summed E-state index contributed by atoms with van der Waals surface area (Å²) in [5.74, 6) is 2.93. The van der Waals surface area contributed by atoms with Crippen molar-refractivity contribution >= 4 is 0 Å². The number of aliphatic hydroxyl groups excluding tert-OH is 1. The van der Waals surface area contributed by atoms with Crippen molar-refractivity contribution in [1.29, 1.82) is 0 Å². The molecule has 5 rings (SSSR count). The first-order chi connectivity index (χ1) is 14.6. The molecular formula is C31H52O. The Labute approximate surface area is 199 Å². The highest BCUT2D eigenvalue weighted by atomic mass is 16.3. The minimum atomic E-state index is -0.131. The van der Waals surface area contributed by atoms with Crippen molar-refractivity contribution in [3.05, 3.63) is 11.6 Å². The summed E-state index contributed by atoms with van der Waals surface area (Å²) in [6.45, 7) is 23.1. The average molecular weight is 441 g/mol. The molecule has 5 aliphatic rings. The molecule has 0 saturated heterocycles. The Morgan fingerprint density at radius 2 is 1.50 bits per heavy atom. The van der Waals surface area contributed by atoms with Gasteiger partial charge < -0.3 is 5.11 Å². The molecule has 0 spiro atoms. The van der Waals surface area contributed by atoms with Gasteiger partial charge in [-0.2, -0.15) is 0 Å². The van der Waals surface area contributed by atoms with Crippen LogP contribution in [-0.2, 0) is 0 Å². The van der Waals surface area contributed by atoms with E-state index in [1.807, 2.05) is 5.57 Å². The summed E-state index contributed by atoms with van der Waals surface area (Å²) < 4.78 is 0. The van der Waals surface area contributed by atoms with Crippen LogP contribution >= 0.6 is 0 Å². The van der Waals surface area contributed by atoms with Crippen molar-refractivity contribution in [2.24, 2.45) is 56.2 Å². The molecule has 0 aromatic heterocycles. The lowest BCUT2D eigenvalue weighted by atomic mass is 9.32. The van der Waals surface area contributed by atoms with Crippen molar-refractivity contribution in [1.82, 2.24) is 0 Å². The number of rotatable bonds is 0. The first-order valence-electron chi connectivity index (χ1n) is 14.0. The van der Waals surface area contributed by atoms with Gasteiger partial charge in [-0.3, -0.25) is 0 Å². The second-order valence-corrected chi connectivity index (χ2v) is 15.7. The normalized spacial score (nSPS) is 56.2. The fraction of sp³-hybridized carbons (Fsp3) is 0.935. The predicted octanol–water partition coefficient (Wildman–Crippen LogP) is 8.41. The van der Waals surface area contributed by atoms with Crippen LogP contribution in [0.5, 0.6) is 0 Å². The number of aliphatic hydroxyl groups is 1. The van der Waals surface area contributed by atoms with Gasteiger partial charge in [0.1, 0.15) is 0 Å². The van der Waals surface area contributed by atoms with Crippen LogP contribution in [0.4, 0.5) is 0 Å². The van der Waals surface area contributed by atoms with Gasteiger partial charge in [-0.1, -0.05) is 74.0 Å². The summed E-state index contributed by atoms with van der Waals surface area (Å²) in [6.07, 6.45) is 14.4. The molecule has 0 aliphatic heterocycles. The van der Waals surface area contributed by atoms with Gasteiger partial charge in [0.05, 0.1) is 6.10 Å². The molecule has 182 valence electrons. The number of hydrogen-bond donors (Lipinski definition) is 1. The molecule has 1 nitrogen and oxygen atoms in total. The van der Waals surface area contributed by atoms with Crippen LogP contribution in [0.2, 0.25) is 0 Å². The summed E-state index contributed by atoms with van der Waals surface area (Å²) in [4.78, 5) is 0. The van der Waals surface area contributed by atoms with E-state index in [9.17, 15) is 5.11 Å². The lowest BCUT2D eigenvalue weighted by Crippen LogP contribution is -2.66. The number of hydrogen-bond acceptors (Lipinski definition) is 1. The van der Waals surface area contributed by atoms with Gasteiger partial charge in [-0.15, -0.1) is 0 Å². The quantitative estimate of drug-likeness (QED) is 0.375. The topological polar surface area (TPSA) is 20.2 Å². The molecule has 0 aromatic rings. The van der Waals surface area contributed by atoms with E-state index in [2.05, 4.69) is 68.4 Å². The standard InChI is InChI=1S/C31H52O/c1-20-18-28(6)17-16-26(2,3)19-22(28)21-10-11-24-29(7)14-13-25(32)27(4,5)23(29)12-15-30(24,8)31(20,21)9/h10,20,22-25,32H,11-19H2,1-9H3/t20-,22+,23?,24?,25+,28-,29+,30-,31-/m1/s1. The van der Waals surface area contributed by atoms with Gasteiger partial charge >= 0.3 is 0 Å². The smallest absolute Gasteiger partial charge is 0.0594 e. The van der Waals surface area contributed by atoms with Crippen molar-refractivity contribution < 1.29 is 5.11 Å². The maximum atomic E-state index is 10.9. The molecule has 1 heteroatoms. The summed E-state index contributed by atoms with van der Waals surface area (Å²) >= 11 is 0. The Morgan fingerprint density at radius 3 is 2.19 bits per heavy atom. The molecule has 0 aromatic carbocycles. The Kier molecular flexibility index (Phi) is 4.89. The highest BCUT2D eigenvalue weighted by molar-refractivity contribution is 5.34. The first-order valence-corrected chi connectivity index (χ1v) is 14.0. The van der Waals surface area contributed by atoms with Crippen molar-refractivity contribution in [3.8, 4) is 0 Å². The summed E-state index contributed by atoms with van der Waals surface area (Å²) in [6, 6.07) is 0. The van der Waals surface area contributed by atoms with Crippen LogP contribution in [-0.4, -0.2) is 11.2 Å². The minimum Gasteiger partial charge on any atom is -0.393 e. The Morgan fingerprint density at radius 1 is 0.812 bits per heavy atom. The van der Waals surface area contributed by atoms with E-state index in [4.69, 9.17) is 0 Å². The van der Waals surface area contributed by atoms with Gasteiger partial charge in [0.2, 0.25) is 0 Å². The van der Waals surface area contributed by atoms with Gasteiger partial charge in [0, 0.05) is 0 Å². The van der Waals surface area contributed by atoms with E-state index in [0.717, 1.165) is 24.2 Å². The third kappa shape index (κ3) is 2.73. The molecule has 32 heavy (non-hydrogen) atoms. The zero-order chi connectivity index (χ0) is 23.5. The summed E-state index contributed by atoms with van der Waals surface area (Å²) in [5.41, 5.74) is 3.96. The summed E-state index contributed by atoms with van der Waals surface area (Å²) in [5, 5.41) is 10.9. The molecule has 2 unspecified atom stereocenters. The van der Waals surface area contributed by atoms with Crippen LogP contribution in [0.3, 0.4) is 0 Å². The number of fused-ring (bicyclic) bond motifs is 7. The van der Waals surface area contributed by atoms with Gasteiger partial charge in [-0.25, -0.2) is 0 Å². The van der Waals surface area contributed by atoms with Crippen molar-refractivity contribution in [2.75, 3.05) is 0 Å². The van der Waals surface area contributed by atoms with E-state index >= 15 is 0 Å². The molecule has 9 atom stereocenters. The molecule has 5 aliphatic carbocycles. The Bertz CT molecular complexity index is 820. The van der Waals surface area contributed by atoms with Crippen LogP contribution in [0, 0.1) is 56.2 Å². The van der Waals surface area contributed by atoms with Crippen LogP contribution in [0.15, 0.2) is 11.6 Å². The molecule has 1 N–H and O–H groups in total. The average Bonchev–Trinajstić information content (AvgIpc) is 2.68. The third-order valence-corrected chi connectivity index (χ3v) is 13.5. The predicted molar refractivity (Wildman–Crippen MR) is 135 cm³/mol. The SMILES string of the molecule is C[C@@H]1C[C@@]2(C)CCC(C)(C)C[C@H]2C2=CCC3[C@@]4(C)CC[C@H](O)C(C)(C)C4CC[C@@]3(C)[C@@]21C.